The van der Waals surface area contributed by atoms with E-state index in [0.29, 0.717) is 34.6 Å². The molecule has 3 aromatic heterocycles. The summed E-state index contributed by atoms with van der Waals surface area (Å²) in [4.78, 5) is 13.4. The molecule has 0 spiro atoms. The minimum atomic E-state index is -0.726. The van der Waals surface area contributed by atoms with Crippen LogP contribution in [0, 0.1) is 11.3 Å². The second-order valence-electron chi connectivity index (χ2n) is 10.4. The Morgan fingerprint density at radius 2 is 1.69 bits per heavy atom. The third-order valence-electron chi connectivity index (χ3n) is 6.59. The number of ether oxygens (including phenoxy) is 1. The second kappa shape index (κ2) is 15.8. The zero-order chi connectivity index (χ0) is 30.5. The molecule has 0 radical (unpaired) electrons. The highest BCUT2D eigenvalue weighted by Gasteiger charge is 2.22. The number of nitrogens with two attached hydrogens (primary N) is 1. The molecular weight excluding hydrogens is 526 g/mol. The molecule has 1 saturated heterocycles. The van der Waals surface area contributed by atoms with Crippen LogP contribution in [-0.4, -0.2) is 39.4 Å². The third-order valence-corrected chi connectivity index (χ3v) is 6.59. The Morgan fingerprint density at radius 3 is 2.36 bits per heavy atom. The fraction of sp³-hybridized carbons (Fsp3) is 0.424. The van der Waals surface area contributed by atoms with Crippen LogP contribution in [0.15, 0.2) is 59.4 Å². The Balaban J connectivity index is 0.000000910. The van der Waals surface area contributed by atoms with Gasteiger partial charge in [0.05, 0.1) is 29.1 Å². The van der Waals surface area contributed by atoms with E-state index in [-0.39, 0.29) is 5.82 Å². The summed E-state index contributed by atoms with van der Waals surface area (Å²) in [7, 11) is 0. The molecule has 9 heteroatoms. The monoisotopic (exact) mass is 569 g/mol. The van der Waals surface area contributed by atoms with E-state index in [4.69, 9.17) is 20.0 Å². The summed E-state index contributed by atoms with van der Waals surface area (Å²) in [6, 6.07) is 16.5. The van der Waals surface area contributed by atoms with Crippen molar-refractivity contribution in [2.24, 2.45) is 0 Å². The van der Waals surface area contributed by atoms with Gasteiger partial charge in [0, 0.05) is 49.2 Å². The van der Waals surface area contributed by atoms with Crippen LogP contribution in [0.25, 0.3) is 34.0 Å². The van der Waals surface area contributed by atoms with Crippen molar-refractivity contribution in [1.29, 1.82) is 5.26 Å². The number of hydrogen-bond acceptors (Lipinski definition) is 9. The number of nitriles is 1. The van der Waals surface area contributed by atoms with E-state index in [1.807, 2.05) is 58.0 Å². The average Bonchev–Trinajstić information content (AvgIpc) is 3.53. The lowest BCUT2D eigenvalue weighted by atomic mass is 9.90. The van der Waals surface area contributed by atoms with Crippen LogP contribution in [0.1, 0.15) is 72.1 Å². The van der Waals surface area contributed by atoms with Crippen molar-refractivity contribution in [3.63, 3.8) is 0 Å². The molecule has 0 amide bonds. The molecule has 0 bridgehead atoms. The van der Waals surface area contributed by atoms with Gasteiger partial charge in [-0.2, -0.15) is 5.26 Å². The molecule has 4 aromatic rings. The summed E-state index contributed by atoms with van der Waals surface area (Å²) in [5.74, 6) is 0.673. The maximum Gasteiger partial charge on any atom is 0.189 e. The van der Waals surface area contributed by atoms with E-state index in [1.54, 1.807) is 12.4 Å². The van der Waals surface area contributed by atoms with E-state index in [0.717, 1.165) is 43.7 Å². The fourth-order valence-corrected chi connectivity index (χ4v) is 4.19. The van der Waals surface area contributed by atoms with Gasteiger partial charge in [-0.25, -0.2) is 9.97 Å². The van der Waals surface area contributed by atoms with Crippen molar-refractivity contribution in [2.45, 2.75) is 78.8 Å². The van der Waals surface area contributed by atoms with Crippen LogP contribution >= 0.6 is 0 Å². The molecule has 0 unspecified atom stereocenters. The molecule has 42 heavy (non-hydrogen) atoms. The molecule has 0 atom stereocenters. The Hall–Kier alpha value is -4.13. The number of hydrogen-bond donors (Lipinski definition) is 2. The number of rotatable bonds is 7. The maximum atomic E-state index is 9.47. The highest BCUT2D eigenvalue weighted by Crippen LogP contribution is 2.31. The van der Waals surface area contributed by atoms with Crippen molar-refractivity contribution in [2.75, 3.05) is 18.9 Å². The molecule has 1 aromatic carbocycles. The summed E-state index contributed by atoms with van der Waals surface area (Å²) in [6.45, 7) is 14.4. The lowest BCUT2D eigenvalue weighted by Crippen LogP contribution is -2.34. The summed E-state index contributed by atoms with van der Waals surface area (Å²) in [5.41, 5.74) is 10.7. The fourth-order valence-electron chi connectivity index (χ4n) is 4.19. The maximum absolute atomic E-state index is 9.47. The van der Waals surface area contributed by atoms with Crippen LogP contribution in [0.4, 0.5) is 5.82 Å². The molecule has 1 aliphatic rings. The van der Waals surface area contributed by atoms with Crippen LogP contribution in [0.2, 0.25) is 0 Å². The molecular formula is C33H43N7O2. The Kier molecular flexibility index (Phi) is 12.1. The quantitative estimate of drug-likeness (QED) is 0.242. The number of anilines is 1. The summed E-state index contributed by atoms with van der Waals surface area (Å²) in [6.07, 6.45) is 6.61. The number of nitrogen functional groups attached to an aromatic ring is 1. The number of pyridine rings is 1. The summed E-state index contributed by atoms with van der Waals surface area (Å²) < 4.78 is 11.0. The van der Waals surface area contributed by atoms with E-state index in [1.165, 1.54) is 12.0 Å². The van der Waals surface area contributed by atoms with Gasteiger partial charge in [0.2, 0.25) is 0 Å². The highest BCUT2D eigenvalue weighted by atomic mass is 16.5. The minimum absolute atomic E-state index is 0.243. The van der Waals surface area contributed by atoms with Gasteiger partial charge in [0.1, 0.15) is 5.69 Å². The van der Waals surface area contributed by atoms with Gasteiger partial charge in [-0.3, -0.25) is 4.98 Å². The first kappa shape index (κ1) is 32.4. The molecule has 3 N–H and O–H groups in total. The Labute approximate surface area is 249 Å². The van der Waals surface area contributed by atoms with E-state index >= 15 is 0 Å². The van der Waals surface area contributed by atoms with Gasteiger partial charge >= 0.3 is 0 Å². The Morgan fingerprint density at radius 1 is 1.00 bits per heavy atom. The van der Waals surface area contributed by atoms with E-state index < -0.39 is 5.41 Å². The second-order valence-corrected chi connectivity index (χ2v) is 10.4. The van der Waals surface area contributed by atoms with Gasteiger partial charge in [0.15, 0.2) is 17.3 Å². The van der Waals surface area contributed by atoms with Crippen molar-refractivity contribution in [3.05, 3.63) is 66.1 Å². The van der Waals surface area contributed by atoms with Crippen LogP contribution < -0.4 is 11.1 Å². The van der Waals surface area contributed by atoms with Crippen molar-refractivity contribution in [1.82, 2.24) is 25.4 Å². The van der Waals surface area contributed by atoms with Crippen molar-refractivity contribution >= 4 is 5.82 Å². The first-order chi connectivity index (χ1) is 20.3. The predicted octanol–water partition coefficient (Wildman–Crippen LogP) is 6.96. The molecule has 1 aliphatic heterocycles. The number of nitrogens with zero attached hydrogens (tertiary/aromatic N) is 5. The molecule has 9 nitrogen and oxygen atoms in total. The largest absolute Gasteiger partial charge is 0.382 e. The van der Waals surface area contributed by atoms with Gasteiger partial charge in [-0.05, 0) is 44.4 Å². The molecule has 0 saturated carbocycles. The average molecular weight is 570 g/mol. The molecule has 5 rings (SSSR count). The highest BCUT2D eigenvalue weighted by molar-refractivity contribution is 5.73. The van der Waals surface area contributed by atoms with Crippen molar-refractivity contribution in [3.8, 4) is 40.0 Å². The van der Waals surface area contributed by atoms with Crippen LogP contribution in [0.3, 0.4) is 0 Å². The topological polar surface area (TPSA) is 136 Å². The lowest BCUT2D eigenvalue weighted by Gasteiger charge is -2.23. The molecule has 222 valence electrons. The van der Waals surface area contributed by atoms with Gasteiger partial charge in [0.25, 0.3) is 0 Å². The number of benzene rings is 1. The zero-order valence-electron chi connectivity index (χ0n) is 25.6. The standard InChI is InChI=1S/C28H29N7O2.C3H8.C2H6/c1-28(2,17-29)25-13-20(7-10-31-25)23-16-33-27(30)26(34-23)24-14-22(35-37-24)19-5-3-18(4-6-19)15-32-21-8-11-36-12-9-21;1-3-2;1-2/h3-7,10,13-14,16,21,32H,8-9,11-12,15H2,1-2H3,(H2,30,33);3H2,1-2H3;1-2H3. The molecule has 4 heterocycles. The van der Waals surface area contributed by atoms with Gasteiger partial charge < -0.3 is 20.3 Å². The van der Waals surface area contributed by atoms with Gasteiger partial charge in [-0.15, -0.1) is 0 Å². The first-order valence-electron chi connectivity index (χ1n) is 14.7. The molecule has 0 aliphatic carbocycles. The summed E-state index contributed by atoms with van der Waals surface area (Å²) in [5, 5.41) is 17.3. The first-order valence-corrected chi connectivity index (χ1v) is 14.7. The number of aromatic nitrogens is 4. The van der Waals surface area contributed by atoms with Crippen molar-refractivity contribution < 1.29 is 9.26 Å². The molecule has 1 fully saturated rings. The summed E-state index contributed by atoms with van der Waals surface area (Å²) >= 11 is 0. The normalized spacial score (nSPS) is 13.3. The van der Waals surface area contributed by atoms with Gasteiger partial charge in [-0.1, -0.05) is 63.5 Å². The zero-order valence-corrected chi connectivity index (χ0v) is 25.6. The lowest BCUT2D eigenvalue weighted by molar-refractivity contribution is 0.0776. The predicted molar refractivity (Wildman–Crippen MR) is 167 cm³/mol. The van der Waals surface area contributed by atoms with E-state index in [2.05, 4.69) is 52.5 Å². The SMILES string of the molecule is CC.CC(C)(C#N)c1cc(-c2cnc(N)c(-c3cc(-c4ccc(CNC5CCOCC5)cc4)no3)n2)ccn1.CCC. The van der Waals surface area contributed by atoms with Crippen LogP contribution in [0.5, 0.6) is 0 Å². The van der Waals surface area contributed by atoms with Crippen LogP contribution in [-0.2, 0) is 16.7 Å². The Bertz CT molecular complexity index is 1440. The third kappa shape index (κ3) is 8.44. The van der Waals surface area contributed by atoms with E-state index in [9.17, 15) is 5.26 Å². The smallest absolute Gasteiger partial charge is 0.189 e. The minimum Gasteiger partial charge on any atom is -0.382 e. The number of nitrogens with one attached hydrogen (secondary N) is 1.